The molecule has 0 saturated carbocycles. The summed E-state index contributed by atoms with van der Waals surface area (Å²) in [6.45, 7) is 5.96. The van der Waals surface area contributed by atoms with Gasteiger partial charge in [-0.05, 0) is 36.1 Å². The Bertz CT molecular complexity index is 663. The number of anilines is 1. The Morgan fingerprint density at radius 3 is 3.05 bits per heavy atom. The number of aromatic nitrogens is 1. The molecule has 0 radical (unpaired) electrons. The zero-order chi connectivity index (χ0) is 14.8. The van der Waals surface area contributed by atoms with Crippen molar-refractivity contribution in [2.45, 2.75) is 32.7 Å². The average molecular weight is 301 g/mol. The molecule has 1 aromatic heterocycles. The van der Waals surface area contributed by atoms with Gasteiger partial charge in [0.2, 0.25) is 0 Å². The lowest BCUT2D eigenvalue weighted by Gasteiger charge is -2.19. The second-order valence-corrected chi connectivity index (χ2v) is 6.41. The Balaban J connectivity index is 1.82. The number of hydrogen-bond acceptors (Lipinski definition) is 4. The molecule has 110 valence electrons. The smallest absolute Gasteiger partial charge is 0.257 e. The van der Waals surface area contributed by atoms with Gasteiger partial charge in [-0.1, -0.05) is 26.0 Å². The van der Waals surface area contributed by atoms with Crippen LogP contribution >= 0.6 is 11.3 Å². The van der Waals surface area contributed by atoms with Crippen LogP contribution in [0, 0.1) is 0 Å². The Kier molecular flexibility index (Phi) is 4.03. The second-order valence-electron chi connectivity index (χ2n) is 5.56. The molecule has 0 saturated heterocycles. The monoisotopic (exact) mass is 301 g/mol. The number of amides is 1. The van der Waals surface area contributed by atoms with Crippen molar-refractivity contribution in [3.05, 3.63) is 46.0 Å². The third-order valence-corrected chi connectivity index (χ3v) is 4.49. The average Bonchev–Trinajstić information content (AvgIpc) is 2.95. The molecule has 1 aromatic carbocycles. The number of carbonyl (C=O) groups is 1. The molecule has 0 bridgehead atoms. The van der Waals surface area contributed by atoms with Crippen LogP contribution in [0.25, 0.3) is 0 Å². The minimum atomic E-state index is -0.0570. The molecule has 21 heavy (non-hydrogen) atoms. The number of rotatable bonds is 3. The van der Waals surface area contributed by atoms with Gasteiger partial charge in [-0.2, -0.15) is 0 Å². The predicted octanol–water partition coefficient (Wildman–Crippen LogP) is 3.16. The van der Waals surface area contributed by atoms with Crippen molar-refractivity contribution in [2.75, 3.05) is 11.9 Å². The first-order chi connectivity index (χ1) is 10.1. The highest BCUT2D eigenvalue weighted by molar-refractivity contribution is 7.14. The molecule has 1 aliphatic heterocycles. The van der Waals surface area contributed by atoms with E-state index in [0.29, 0.717) is 11.0 Å². The molecule has 0 atom stereocenters. The minimum Gasteiger partial charge on any atom is -0.312 e. The molecule has 1 amide bonds. The summed E-state index contributed by atoms with van der Waals surface area (Å²) in [5.74, 6) is 0.320. The van der Waals surface area contributed by atoms with Crippen molar-refractivity contribution in [3.63, 3.8) is 0 Å². The standard InChI is InChI=1S/C16H19N3OS/c1-10(2)14-9-21-16(18-14)19-15(20)13-5-3-4-11-8-17-7-6-12(11)13/h3-5,9-10,17H,6-8H2,1-2H3,(H,18,19,20). The van der Waals surface area contributed by atoms with Crippen molar-refractivity contribution in [3.8, 4) is 0 Å². The Morgan fingerprint density at radius 1 is 1.43 bits per heavy atom. The fraction of sp³-hybridized carbons (Fsp3) is 0.375. The number of thiazole rings is 1. The highest BCUT2D eigenvalue weighted by Crippen LogP contribution is 2.24. The normalized spacial score (nSPS) is 14.0. The van der Waals surface area contributed by atoms with Crippen LogP contribution in [0.5, 0.6) is 0 Å². The Hall–Kier alpha value is -1.72. The summed E-state index contributed by atoms with van der Waals surface area (Å²) in [4.78, 5) is 17.0. The molecule has 0 aliphatic carbocycles. The molecule has 3 rings (SSSR count). The van der Waals surface area contributed by atoms with Crippen LogP contribution < -0.4 is 10.6 Å². The lowest BCUT2D eigenvalue weighted by molar-refractivity contribution is 0.102. The van der Waals surface area contributed by atoms with Crippen LogP contribution in [0.2, 0.25) is 0 Å². The second kappa shape index (κ2) is 5.95. The van der Waals surface area contributed by atoms with Gasteiger partial charge in [0.15, 0.2) is 5.13 Å². The van der Waals surface area contributed by atoms with Crippen LogP contribution in [0.1, 0.15) is 46.9 Å². The third-order valence-electron chi connectivity index (χ3n) is 3.72. The number of hydrogen-bond donors (Lipinski definition) is 2. The maximum absolute atomic E-state index is 12.5. The number of benzene rings is 1. The zero-order valence-electron chi connectivity index (χ0n) is 12.3. The maximum Gasteiger partial charge on any atom is 0.257 e. The Morgan fingerprint density at radius 2 is 2.29 bits per heavy atom. The molecule has 2 heterocycles. The van der Waals surface area contributed by atoms with Crippen LogP contribution in [-0.2, 0) is 13.0 Å². The van der Waals surface area contributed by atoms with Gasteiger partial charge in [0.25, 0.3) is 5.91 Å². The van der Waals surface area contributed by atoms with Crippen LogP contribution in [0.4, 0.5) is 5.13 Å². The summed E-state index contributed by atoms with van der Waals surface area (Å²) in [7, 11) is 0. The summed E-state index contributed by atoms with van der Waals surface area (Å²) in [5, 5.41) is 8.94. The Labute approximate surface area is 128 Å². The minimum absolute atomic E-state index is 0.0570. The maximum atomic E-state index is 12.5. The molecule has 1 aliphatic rings. The topological polar surface area (TPSA) is 54.0 Å². The number of carbonyl (C=O) groups excluding carboxylic acids is 1. The lowest BCUT2D eigenvalue weighted by Crippen LogP contribution is -2.26. The molecule has 0 unspecified atom stereocenters. The molecule has 2 aromatic rings. The van der Waals surface area contributed by atoms with E-state index in [1.54, 1.807) is 0 Å². The van der Waals surface area contributed by atoms with Gasteiger partial charge in [0, 0.05) is 17.5 Å². The molecule has 5 heteroatoms. The third kappa shape index (κ3) is 2.99. The van der Waals surface area contributed by atoms with E-state index in [2.05, 4.69) is 35.5 Å². The van der Waals surface area contributed by atoms with Crippen molar-refractivity contribution in [1.82, 2.24) is 10.3 Å². The molecule has 2 N–H and O–H groups in total. The zero-order valence-corrected chi connectivity index (χ0v) is 13.1. The molecular weight excluding hydrogens is 282 g/mol. The first kappa shape index (κ1) is 14.2. The van der Waals surface area contributed by atoms with E-state index in [4.69, 9.17) is 0 Å². The fourth-order valence-corrected chi connectivity index (χ4v) is 3.38. The SMILES string of the molecule is CC(C)c1csc(NC(=O)c2cccc3c2CCNC3)n1. The van der Waals surface area contributed by atoms with Crippen molar-refractivity contribution in [2.24, 2.45) is 0 Å². The molecule has 0 fully saturated rings. The van der Waals surface area contributed by atoms with Crippen molar-refractivity contribution < 1.29 is 4.79 Å². The van der Waals surface area contributed by atoms with Gasteiger partial charge < -0.3 is 5.32 Å². The van der Waals surface area contributed by atoms with Crippen molar-refractivity contribution in [1.29, 1.82) is 0 Å². The summed E-state index contributed by atoms with van der Waals surface area (Å²) < 4.78 is 0. The van der Waals surface area contributed by atoms with E-state index < -0.39 is 0 Å². The van der Waals surface area contributed by atoms with Crippen LogP contribution in [-0.4, -0.2) is 17.4 Å². The lowest BCUT2D eigenvalue weighted by atomic mass is 9.95. The van der Waals surface area contributed by atoms with Crippen molar-refractivity contribution >= 4 is 22.4 Å². The summed E-state index contributed by atoms with van der Waals surface area (Å²) in [5.41, 5.74) is 4.18. The van der Waals surface area contributed by atoms with E-state index in [1.807, 2.05) is 17.5 Å². The highest BCUT2D eigenvalue weighted by atomic mass is 32.1. The number of nitrogens with zero attached hydrogens (tertiary/aromatic N) is 1. The number of fused-ring (bicyclic) bond motifs is 1. The van der Waals surface area contributed by atoms with Gasteiger partial charge in [-0.3, -0.25) is 10.1 Å². The van der Waals surface area contributed by atoms with Gasteiger partial charge in [0.05, 0.1) is 5.69 Å². The summed E-state index contributed by atoms with van der Waals surface area (Å²) >= 11 is 1.48. The molecule has 0 spiro atoms. The van der Waals surface area contributed by atoms with Gasteiger partial charge in [-0.15, -0.1) is 11.3 Å². The van der Waals surface area contributed by atoms with E-state index in [0.717, 1.165) is 36.3 Å². The quantitative estimate of drug-likeness (QED) is 0.915. The van der Waals surface area contributed by atoms with Gasteiger partial charge in [-0.25, -0.2) is 4.98 Å². The summed E-state index contributed by atoms with van der Waals surface area (Å²) in [6, 6.07) is 5.93. The fourth-order valence-electron chi connectivity index (χ4n) is 2.52. The highest BCUT2D eigenvalue weighted by Gasteiger charge is 2.18. The van der Waals surface area contributed by atoms with E-state index in [1.165, 1.54) is 16.9 Å². The molecular formula is C16H19N3OS. The van der Waals surface area contributed by atoms with Gasteiger partial charge >= 0.3 is 0 Å². The summed E-state index contributed by atoms with van der Waals surface area (Å²) in [6.07, 6.45) is 0.897. The number of nitrogens with one attached hydrogen (secondary N) is 2. The van der Waals surface area contributed by atoms with Crippen LogP contribution in [0.3, 0.4) is 0 Å². The first-order valence-corrected chi connectivity index (χ1v) is 8.11. The first-order valence-electron chi connectivity index (χ1n) is 7.23. The largest absolute Gasteiger partial charge is 0.312 e. The predicted molar refractivity (Wildman–Crippen MR) is 86.0 cm³/mol. The van der Waals surface area contributed by atoms with E-state index >= 15 is 0 Å². The van der Waals surface area contributed by atoms with E-state index in [9.17, 15) is 4.79 Å². The van der Waals surface area contributed by atoms with Crippen LogP contribution in [0.15, 0.2) is 23.6 Å². The van der Waals surface area contributed by atoms with Gasteiger partial charge in [0.1, 0.15) is 0 Å². The van der Waals surface area contributed by atoms with E-state index in [-0.39, 0.29) is 5.91 Å². The molecule has 4 nitrogen and oxygen atoms in total.